The third-order valence-electron chi connectivity index (χ3n) is 4.38. The minimum atomic E-state index is -0.378. The summed E-state index contributed by atoms with van der Waals surface area (Å²) in [5.74, 6) is -0.329. The average molecular weight is 425 g/mol. The number of thiazole rings is 1. The molecule has 4 rings (SSSR count). The normalized spacial score (nSPS) is 11.0. The maximum absolute atomic E-state index is 12.8. The lowest BCUT2D eigenvalue weighted by Crippen LogP contribution is -2.33. The van der Waals surface area contributed by atoms with Gasteiger partial charge in [-0.2, -0.15) is 5.10 Å². The molecule has 0 aliphatic carbocycles. The highest BCUT2D eigenvalue weighted by Gasteiger charge is 2.17. The predicted molar refractivity (Wildman–Crippen MR) is 115 cm³/mol. The number of hydrogen-bond acceptors (Lipinski definition) is 5. The summed E-state index contributed by atoms with van der Waals surface area (Å²) in [5, 5.41) is 8.62. The van der Waals surface area contributed by atoms with Crippen LogP contribution in [-0.2, 0) is 17.9 Å². The van der Waals surface area contributed by atoms with Crippen molar-refractivity contribution in [2.24, 2.45) is 0 Å². The summed E-state index contributed by atoms with van der Waals surface area (Å²) < 4.78 is 1.90. The molecule has 29 heavy (non-hydrogen) atoms. The summed E-state index contributed by atoms with van der Waals surface area (Å²) in [6.45, 7) is 1.92. The second kappa shape index (κ2) is 8.14. The van der Waals surface area contributed by atoms with Crippen molar-refractivity contribution in [1.29, 1.82) is 0 Å². The number of halogens is 1. The van der Waals surface area contributed by atoms with Gasteiger partial charge in [0, 0.05) is 17.1 Å². The summed E-state index contributed by atoms with van der Waals surface area (Å²) in [6.07, 6.45) is 0. The van der Waals surface area contributed by atoms with E-state index in [4.69, 9.17) is 11.6 Å². The SMILES string of the molecule is Cc1nc2c(=O)n(CC(=O)NCc3ccccc3Cl)nc(-c3ccccc3)c2s1. The lowest BCUT2D eigenvalue weighted by molar-refractivity contribution is -0.122. The van der Waals surface area contributed by atoms with Crippen LogP contribution < -0.4 is 10.9 Å². The number of nitrogens with zero attached hydrogens (tertiary/aromatic N) is 3. The van der Waals surface area contributed by atoms with Crippen LogP contribution in [0.15, 0.2) is 59.4 Å². The molecule has 1 amide bonds. The number of rotatable bonds is 5. The Morgan fingerprint density at radius 2 is 1.86 bits per heavy atom. The first kappa shape index (κ1) is 19.3. The second-order valence-electron chi connectivity index (χ2n) is 6.46. The quantitative estimate of drug-likeness (QED) is 0.528. The summed E-state index contributed by atoms with van der Waals surface area (Å²) in [7, 11) is 0. The molecule has 6 nitrogen and oxygen atoms in total. The van der Waals surface area contributed by atoms with Crippen molar-refractivity contribution in [1.82, 2.24) is 20.1 Å². The van der Waals surface area contributed by atoms with Crippen LogP contribution in [0.3, 0.4) is 0 Å². The minimum Gasteiger partial charge on any atom is -0.350 e. The predicted octanol–water partition coefficient (Wildman–Crippen LogP) is 3.80. The van der Waals surface area contributed by atoms with Crippen molar-refractivity contribution in [3.8, 4) is 11.3 Å². The fourth-order valence-electron chi connectivity index (χ4n) is 2.99. The van der Waals surface area contributed by atoms with Gasteiger partial charge in [-0.1, -0.05) is 60.1 Å². The van der Waals surface area contributed by atoms with Crippen LogP contribution in [0.1, 0.15) is 10.6 Å². The summed E-state index contributed by atoms with van der Waals surface area (Å²) in [6, 6.07) is 16.8. The van der Waals surface area contributed by atoms with E-state index in [1.807, 2.05) is 55.5 Å². The average Bonchev–Trinajstić information content (AvgIpc) is 3.12. The zero-order valence-electron chi connectivity index (χ0n) is 15.6. The largest absolute Gasteiger partial charge is 0.350 e. The number of aromatic nitrogens is 3. The van der Waals surface area contributed by atoms with E-state index >= 15 is 0 Å². The van der Waals surface area contributed by atoms with Gasteiger partial charge >= 0.3 is 0 Å². The number of nitrogens with one attached hydrogen (secondary N) is 1. The smallest absolute Gasteiger partial charge is 0.294 e. The number of hydrogen-bond donors (Lipinski definition) is 1. The van der Waals surface area contributed by atoms with E-state index in [2.05, 4.69) is 15.4 Å². The van der Waals surface area contributed by atoms with Crippen LogP contribution in [0.5, 0.6) is 0 Å². The van der Waals surface area contributed by atoms with Crippen LogP contribution in [-0.4, -0.2) is 20.7 Å². The highest BCUT2D eigenvalue weighted by Crippen LogP contribution is 2.29. The lowest BCUT2D eigenvalue weighted by atomic mass is 10.1. The Morgan fingerprint density at radius 3 is 2.62 bits per heavy atom. The molecule has 8 heteroatoms. The van der Waals surface area contributed by atoms with Crippen molar-refractivity contribution in [3.05, 3.63) is 80.5 Å². The van der Waals surface area contributed by atoms with Crippen molar-refractivity contribution < 1.29 is 4.79 Å². The van der Waals surface area contributed by atoms with E-state index in [-0.39, 0.29) is 24.6 Å². The third kappa shape index (κ3) is 4.06. The Hall–Kier alpha value is -3.03. The molecule has 0 bridgehead atoms. The molecule has 0 radical (unpaired) electrons. The van der Waals surface area contributed by atoms with Gasteiger partial charge in [-0.15, -0.1) is 11.3 Å². The van der Waals surface area contributed by atoms with E-state index in [0.29, 0.717) is 16.2 Å². The Balaban J connectivity index is 1.65. The van der Waals surface area contributed by atoms with Gasteiger partial charge in [0.25, 0.3) is 5.56 Å². The van der Waals surface area contributed by atoms with E-state index in [9.17, 15) is 9.59 Å². The fraction of sp³-hybridized carbons (Fsp3) is 0.143. The fourth-order valence-corrected chi connectivity index (χ4v) is 4.11. The highest BCUT2D eigenvalue weighted by atomic mass is 35.5. The molecular weight excluding hydrogens is 408 g/mol. The lowest BCUT2D eigenvalue weighted by Gasteiger charge is -2.10. The molecule has 0 fully saturated rings. The number of fused-ring (bicyclic) bond motifs is 1. The molecule has 1 N–H and O–H groups in total. The van der Waals surface area contributed by atoms with Crippen LogP contribution >= 0.6 is 22.9 Å². The second-order valence-corrected chi connectivity index (χ2v) is 8.07. The van der Waals surface area contributed by atoms with Crippen molar-refractivity contribution in [2.75, 3.05) is 0 Å². The van der Waals surface area contributed by atoms with Gasteiger partial charge in [0.1, 0.15) is 12.2 Å². The van der Waals surface area contributed by atoms with Gasteiger partial charge in [0.2, 0.25) is 5.91 Å². The molecule has 0 atom stereocenters. The Labute approximate surface area is 175 Å². The van der Waals surface area contributed by atoms with Crippen LogP contribution in [0.2, 0.25) is 5.02 Å². The van der Waals surface area contributed by atoms with Gasteiger partial charge in [-0.25, -0.2) is 9.67 Å². The van der Waals surface area contributed by atoms with Gasteiger partial charge in [0.05, 0.1) is 9.71 Å². The standard InChI is InChI=1S/C21H17ClN4O2S/c1-13-24-19-20(29-13)18(14-7-3-2-4-8-14)25-26(21(19)28)12-17(27)23-11-15-9-5-6-10-16(15)22/h2-10H,11-12H2,1H3,(H,23,27). The van der Waals surface area contributed by atoms with E-state index in [1.165, 1.54) is 16.0 Å². The molecule has 0 aliphatic rings. The van der Waals surface area contributed by atoms with Crippen molar-refractivity contribution in [3.63, 3.8) is 0 Å². The van der Waals surface area contributed by atoms with Gasteiger partial charge in [0.15, 0.2) is 5.52 Å². The topological polar surface area (TPSA) is 76.9 Å². The molecule has 0 spiro atoms. The van der Waals surface area contributed by atoms with Crippen LogP contribution in [0, 0.1) is 6.92 Å². The number of amides is 1. The summed E-state index contributed by atoms with van der Waals surface area (Å²) in [4.78, 5) is 29.7. The van der Waals surface area contributed by atoms with Gasteiger partial charge < -0.3 is 5.32 Å². The van der Waals surface area contributed by atoms with Gasteiger partial charge in [-0.05, 0) is 18.6 Å². The minimum absolute atomic E-state index is 0.199. The number of aryl methyl sites for hydroxylation is 1. The molecule has 4 aromatic rings. The third-order valence-corrected chi connectivity index (χ3v) is 5.73. The molecule has 2 heterocycles. The number of carbonyl (C=O) groups is 1. The first-order valence-corrected chi connectivity index (χ1v) is 10.2. The molecule has 0 saturated heterocycles. The maximum atomic E-state index is 12.8. The molecule has 146 valence electrons. The number of benzene rings is 2. The van der Waals surface area contributed by atoms with Crippen LogP contribution in [0.4, 0.5) is 0 Å². The zero-order chi connectivity index (χ0) is 20.4. The maximum Gasteiger partial charge on any atom is 0.294 e. The molecule has 0 aliphatic heterocycles. The Morgan fingerprint density at radius 1 is 1.14 bits per heavy atom. The number of carbonyl (C=O) groups excluding carboxylic acids is 1. The molecule has 0 unspecified atom stereocenters. The Bertz CT molecular complexity index is 1250. The molecule has 2 aromatic heterocycles. The first-order chi connectivity index (χ1) is 14.0. The monoisotopic (exact) mass is 424 g/mol. The molecule has 2 aromatic carbocycles. The van der Waals surface area contributed by atoms with Gasteiger partial charge in [-0.3, -0.25) is 9.59 Å². The Kier molecular flexibility index (Phi) is 5.42. The summed E-state index contributed by atoms with van der Waals surface area (Å²) >= 11 is 7.55. The van der Waals surface area contributed by atoms with E-state index in [1.54, 1.807) is 6.07 Å². The zero-order valence-corrected chi connectivity index (χ0v) is 17.1. The highest BCUT2D eigenvalue weighted by molar-refractivity contribution is 7.19. The molecular formula is C21H17ClN4O2S. The molecule has 0 saturated carbocycles. The van der Waals surface area contributed by atoms with Crippen molar-refractivity contribution in [2.45, 2.75) is 20.0 Å². The van der Waals surface area contributed by atoms with Crippen LogP contribution in [0.25, 0.3) is 21.5 Å². The van der Waals surface area contributed by atoms with E-state index < -0.39 is 0 Å². The van der Waals surface area contributed by atoms with E-state index in [0.717, 1.165) is 20.8 Å². The summed E-state index contributed by atoms with van der Waals surface area (Å²) in [5.41, 5.74) is 2.27. The first-order valence-electron chi connectivity index (χ1n) is 8.96. The van der Waals surface area contributed by atoms with Crippen molar-refractivity contribution >= 4 is 39.1 Å².